The molecule has 1 saturated heterocycles. The summed E-state index contributed by atoms with van der Waals surface area (Å²) in [6.07, 6.45) is 1.11. The zero-order valence-corrected chi connectivity index (χ0v) is 23.6. The summed E-state index contributed by atoms with van der Waals surface area (Å²) in [5.41, 5.74) is 0.738. The first-order chi connectivity index (χ1) is 18.0. The molecule has 8 nitrogen and oxygen atoms in total. The van der Waals surface area contributed by atoms with Gasteiger partial charge >= 0.3 is 6.03 Å². The number of carbonyl (C=O) groups excluding carboxylic acids is 2. The molecule has 0 saturated carbocycles. The quantitative estimate of drug-likeness (QED) is 0.463. The van der Waals surface area contributed by atoms with E-state index in [-0.39, 0.29) is 54.2 Å². The highest BCUT2D eigenvalue weighted by Gasteiger charge is 2.33. The zero-order valence-electron chi connectivity index (χ0n) is 22.1. The SMILES string of the molecule is CCNC(=O)N1CCC(N(Cc2ccc(F)cc2)C(=O)CN(CC(C)C)S(=O)(=O)c2ccc(Cl)cc2)CC1. The third-order valence-corrected chi connectivity index (χ3v) is 8.52. The Balaban J connectivity index is 1.85. The summed E-state index contributed by atoms with van der Waals surface area (Å²) in [6.45, 7) is 7.16. The maximum atomic E-state index is 13.8. The second-order valence-electron chi connectivity index (χ2n) is 9.85. The topological polar surface area (TPSA) is 90.0 Å². The van der Waals surface area contributed by atoms with Crippen molar-refractivity contribution in [1.82, 2.24) is 19.4 Å². The van der Waals surface area contributed by atoms with Gasteiger partial charge in [-0.05, 0) is 67.6 Å². The van der Waals surface area contributed by atoms with Gasteiger partial charge in [0.15, 0.2) is 0 Å². The largest absolute Gasteiger partial charge is 0.338 e. The van der Waals surface area contributed by atoms with Gasteiger partial charge in [0.2, 0.25) is 15.9 Å². The number of amides is 3. The standard InChI is InChI=1S/C27H36ClFN4O4S/c1-4-30-27(35)31-15-13-24(14-16-31)33(18-21-5-9-23(29)10-6-21)26(34)19-32(17-20(2)3)38(36,37)25-11-7-22(28)8-12-25/h5-12,20,24H,4,13-19H2,1-3H3,(H,30,35). The molecule has 11 heteroatoms. The summed E-state index contributed by atoms with van der Waals surface area (Å²) >= 11 is 5.95. The summed E-state index contributed by atoms with van der Waals surface area (Å²) in [5.74, 6) is -0.737. The Morgan fingerprint density at radius 2 is 1.68 bits per heavy atom. The number of sulfonamides is 1. The first-order valence-electron chi connectivity index (χ1n) is 12.8. The van der Waals surface area contributed by atoms with Crippen molar-refractivity contribution in [3.8, 4) is 0 Å². The van der Waals surface area contributed by atoms with Gasteiger partial charge in [-0.2, -0.15) is 4.31 Å². The van der Waals surface area contributed by atoms with E-state index in [2.05, 4.69) is 5.32 Å². The van der Waals surface area contributed by atoms with Gasteiger partial charge in [-0.1, -0.05) is 37.6 Å². The summed E-state index contributed by atoms with van der Waals surface area (Å²) in [5, 5.41) is 3.21. The minimum absolute atomic E-state index is 0.0178. The fraction of sp³-hybridized carbons (Fsp3) is 0.481. The van der Waals surface area contributed by atoms with E-state index in [1.165, 1.54) is 40.7 Å². The van der Waals surface area contributed by atoms with Crippen LogP contribution in [0.1, 0.15) is 39.2 Å². The highest BCUT2D eigenvalue weighted by molar-refractivity contribution is 7.89. The highest BCUT2D eigenvalue weighted by Crippen LogP contribution is 2.23. The van der Waals surface area contributed by atoms with E-state index in [0.29, 0.717) is 37.5 Å². The molecule has 0 radical (unpaired) electrons. The predicted molar refractivity (Wildman–Crippen MR) is 146 cm³/mol. The number of carbonyl (C=O) groups is 2. The van der Waals surface area contributed by atoms with Crippen LogP contribution in [0, 0.1) is 11.7 Å². The third kappa shape index (κ3) is 7.91. The number of benzene rings is 2. The van der Waals surface area contributed by atoms with Crippen LogP contribution >= 0.6 is 11.6 Å². The molecule has 0 unspecified atom stereocenters. The Kier molecular flexibility index (Phi) is 10.5. The van der Waals surface area contributed by atoms with E-state index in [4.69, 9.17) is 11.6 Å². The number of rotatable bonds is 10. The number of hydrogen-bond acceptors (Lipinski definition) is 4. The molecule has 0 aliphatic carbocycles. The Hall–Kier alpha value is -2.69. The van der Waals surface area contributed by atoms with Crippen molar-refractivity contribution in [3.63, 3.8) is 0 Å². The molecular formula is C27H36ClFN4O4S. The monoisotopic (exact) mass is 566 g/mol. The number of nitrogens with zero attached hydrogens (tertiary/aromatic N) is 3. The average Bonchev–Trinajstić information content (AvgIpc) is 2.88. The number of hydrogen-bond donors (Lipinski definition) is 1. The van der Waals surface area contributed by atoms with E-state index < -0.39 is 10.0 Å². The van der Waals surface area contributed by atoms with Gasteiger partial charge in [0.1, 0.15) is 5.82 Å². The van der Waals surface area contributed by atoms with Gasteiger partial charge in [-0.15, -0.1) is 0 Å². The van der Waals surface area contributed by atoms with Crippen LogP contribution in [0.25, 0.3) is 0 Å². The number of halogens is 2. The molecule has 2 aromatic carbocycles. The van der Waals surface area contributed by atoms with E-state index in [1.807, 2.05) is 20.8 Å². The molecule has 208 valence electrons. The van der Waals surface area contributed by atoms with Gasteiger partial charge in [-0.3, -0.25) is 4.79 Å². The lowest BCUT2D eigenvalue weighted by Gasteiger charge is -2.39. The molecule has 0 aromatic heterocycles. The Morgan fingerprint density at radius 1 is 1.08 bits per heavy atom. The van der Waals surface area contributed by atoms with Gasteiger partial charge in [0, 0.05) is 43.8 Å². The Labute approximate surface area is 229 Å². The van der Waals surface area contributed by atoms with Crippen LogP contribution in [0.4, 0.5) is 9.18 Å². The van der Waals surface area contributed by atoms with Crippen molar-refractivity contribution in [3.05, 3.63) is 64.9 Å². The molecule has 2 aromatic rings. The summed E-state index contributed by atoms with van der Waals surface area (Å²) in [7, 11) is -3.96. The van der Waals surface area contributed by atoms with Crippen molar-refractivity contribution in [2.45, 2.75) is 51.1 Å². The minimum atomic E-state index is -3.96. The normalized spacial score (nSPS) is 14.7. The smallest absolute Gasteiger partial charge is 0.317 e. The maximum absolute atomic E-state index is 13.8. The summed E-state index contributed by atoms with van der Waals surface area (Å²) in [4.78, 5) is 29.5. The van der Waals surface area contributed by atoms with Crippen molar-refractivity contribution >= 4 is 33.6 Å². The van der Waals surface area contributed by atoms with Crippen LogP contribution in [-0.2, 0) is 21.4 Å². The molecule has 3 rings (SSSR count). The fourth-order valence-corrected chi connectivity index (χ4v) is 6.18. The van der Waals surface area contributed by atoms with Crippen molar-refractivity contribution in [2.24, 2.45) is 5.92 Å². The molecule has 1 aliphatic heterocycles. The second-order valence-corrected chi connectivity index (χ2v) is 12.2. The van der Waals surface area contributed by atoms with Gasteiger partial charge in [0.05, 0.1) is 11.4 Å². The number of likely N-dealkylation sites (tertiary alicyclic amines) is 1. The lowest BCUT2D eigenvalue weighted by Crippen LogP contribution is -2.52. The molecule has 1 N–H and O–H groups in total. The molecular weight excluding hydrogens is 531 g/mol. The van der Waals surface area contributed by atoms with Crippen LogP contribution in [0.2, 0.25) is 5.02 Å². The molecule has 1 fully saturated rings. The van der Waals surface area contributed by atoms with Crippen molar-refractivity contribution < 1.29 is 22.4 Å². The summed E-state index contributed by atoms with van der Waals surface area (Å²) < 4.78 is 41.8. The van der Waals surface area contributed by atoms with E-state index >= 15 is 0 Å². The third-order valence-electron chi connectivity index (χ3n) is 6.44. The second kappa shape index (κ2) is 13.4. The van der Waals surface area contributed by atoms with E-state index in [1.54, 1.807) is 21.9 Å². The molecule has 3 amide bonds. The first-order valence-corrected chi connectivity index (χ1v) is 14.7. The average molecular weight is 567 g/mol. The number of urea groups is 1. The lowest BCUT2D eigenvalue weighted by atomic mass is 10.0. The van der Waals surface area contributed by atoms with Gasteiger partial charge in [0.25, 0.3) is 0 Å². The predicted octanol–water partition coefficient (Wildman–Crippen LogP) is 4.35. The van der Waals surface area contributed by atoms with E-state index in [9.17, 15) is 22.4 Å². The highest BCUT2D eigenvalue weighted by atomic mass is 35.5. The van der Waals surface area contributed by atoms with Crippen molar-refractivity contribution in [1.29, 1.82) is 0 Å². The van der Waals surface area contributed by atoms with Gasteiger partial charge < -0.3 is 15.1 Å². The van der Waals surface area contributed by atoms with E-state index in [0.717, 1.165) is 5.56 Å². The lowest BCUT2D eigenvalue weighted by molar-refractivity contribution is -0.135. The molecule has 1 heterocycles. The Bertz CT molecular complexity index is 1180. The van der Waals surface area contributed by atoms with Crippen LogP contribution < -0.4 is 5.32 Å². The zero-order chi connectivity index (χ0) is 27.9. The van der Waals surface area contributed by atoms with Crippen LogP contribution in [0.3, 0.4) is 0 Å². The number of piperidine rings is 1. The molecule has 38 heavy (non-hydrogen) atoms. The van der Waals surface area contributed by atoms with Crippen LogP contribution in [0.5, 0.6) is 0 Å². The molecule has 0 spiro atoms. The molecule has 1 aliphatic rings. The first kappa shape index (κ1) is 29.9. The molecule has 0 bridgehead atoms. The van der Waals surface area contributed by atoms with Crippen molar-refractivity contribution in [2.75, 3.05) is 32.7 Å². The minimum Gasteiger partial charge on any atom is -0.338 e. The van der Waals surface area contributed by atoms with Crippen LogP contribution in [0.15, 0.2) is 53.4 Å². The summed E-state index contributed by atoms with van der Waals surface area (Å²) in [6, 6.07) is 11.5. The maximum Gasteiger partial charge on any atom is 0.317 e. The number of nitrogens with one attached hydrogen (secondary N) is 1. The molecule has 0 atom stereocenters. The fourth-order valence-electron chi connectivity index (χ4n) is 4.50. The Morgan fingerprint density at radius 3 is 2.24 bits per heavy atom. The van der Waals surface area contributed by atoms with Crippen LogP contribution in [-0.4, -0.2) is 73.2 Å². The van der Waals surface area contributed by atoms with Gasteiger partial charge in [-0.25, -0.2) is 17.6 Å².